The molecule has 0 saturated carbocycles. The minimum Gasteiger partial charge on any atom is -0.353 e. The molecule has 1 unspecified atom stereocenters. The molecule has 1 atom stereocenters. The van der Waals surface area contributed by atoms with Gasteiger partial charge in [0.15, 0.2) is 0 Å². The molecule has 2 aliphatic heterocycles. The molecule has 0 aromatic carbocycles. The zero-order chi connectivity index (χ0) is 15.4. The Labute approximate surface area is 138 Å². The summed E-state index contributed by atoms with van der Waals surface area (Å²) >= 11 is 1.65. The lowest BCUT2D eigenvalue weighted by atomic mass is 10.0. The molecule has 2 saturated heterocycles. The van der Waals surface area contributed by atoms with Crippen molar-refractivity contribution in [3.63, 3.8) is 0 Å². The molecule has 3 heterocycles. The van der Waals surface area contributed by atoms with E-state index in [1.807, 2.05) is 18.6 Å². The highest BCUT2D eigenvalue weighted by molar-refractivity contribution is 7.98. The van der Waals surface area contributed by atoms with Gasteiger partial charge in [-0.1, -0.05) is 6.42 Å². The summed E-state index contributed by atoms with van der Waals surface area (Å²) in [6.45, 7) is 6.87. The first kappa shape index (κ1) is 16.0. The van der Waals surface area contributed by atoms with Gasteiger partial charge in [-0.2, -0.15) is 0 Å². The van der Waals surface area contributed by atoms with Gasteiger partial charge < -0.3 is 9.80 Å². The average Bonchev–Trinajstić information content (AvgIpc) is 2.58. The Morgan fingerprint density at radius 1 is 1.14 bits per heavy atom. The molecule has 6 heteroatoms. The van der Waals surface area contributed by atoms with Crippen LogP contribution in [-0.2, 0) is 0 Å². The maximum absolute atomic E-state index is 4.67. The van der Waals surface area contributed by atoms with Crippen LogP contribution in [0.2, 0.25) is 0 Å². The molecule has 1 aromatic heterocycles. The number of likely N-dealkylation sites (tertiary alicyclic amines) is 1. The summed E-state index contributed by atoms with van der Waals surface area (Å²) in [6.07, 6.45) is 9.90. The van der Waals surface area contributed by atoms with E-state index in [4.69, 9.17) is 0 Å². The lowest BCUT2D eigenvalue weighted by molar-refractivity contribution is 0.124. The van der Waals surface area contributed by atoms with E-state index in [0.29, 0.717) is 0 Å². The lowest BCUT2D eigenvalue weighted by Gasteiger charge is -2.40. The molecule has 0 N–H and O–H groups in total. The number of nitrogens with zero attached hydrogens (tertiary/aromatic N) is 5. The largest absolute Gasteiger partial charge is 0.353 e. The second kappa shape index (κ2) is 7.62. The third-order valence-corrected chi connectivity index (χ3v) is 5.51. The van der Waals surface area contributed by atoms with Gasteiger partial charge in [0.2, 0.25) is 0 Å². The van der Waals surface area contributed by atoms with Crippen molar-refractivity contribution in [3.8, 4) is 0 Å². The normalized spacial score (nSPS) is 24.6. The van der Waals surface area contributed by atoms with Gasteiger partial charge in [0.05, 0.1) is 12.4 Å². The topological polar surface area (TPSA) is 35.5 Å². The molecule has 1 aromatic rings. The molecule has 2 fully saturated rings. The van der Waals surface area contributed by atoms with E-state index in [9.17, 15) is 0 Å². The molecule has 122 valence electrons. The Morgan fingerprint density at radius 3 is 2.68 bits per heavy atom. The number of hydrogen-bond donors (Lipinski definition) is 0. The van der Waals surface area contributed by atoms with E-state index in [1.54, 1.807) is 11.8 Å². The quantitative estimate of drug-likeness (QED) is 0.787. The van der Waals surface area contributed by atoms with E-state index in [1.165, 1.54) is 32.4 Å². The third kappa shape index (κ3) is 3.91. The monoisotopic (exact) mass is 321 g/mol. The van der Waals surface area contributed by atoms with Crippen LogP contribution >= 0.6 is 11.8 Å². The van der Waals surface area contributed by atoms with Crippen molar-refractivity contribution in [2.75, 3.05) is 57.5 Å². The van der Waals surface area contributed by atoms with E-state index < -0.39 is 0 Å². The average molecular weight is 321 g/mol. The van der Waals surface area contributed by atoms with Crippen molar-refractivity contribution in [2.45, 2.75) is 30.3 Å². The first-order valence-corrected chi connectivity index (χ1v) is 9.52. The maximum Gasteiger partial charge on any atom is 0.148 e. The highest BCUT2D eigenvalue weighted by Gasteiger charge is 2.24. The van der Waals surface area contributed by atoms with Crippen LogP contribution in [0.15, 0.2) is 17.4 Å². The van der Waals surface area contributed by atoms with E-state index in [-0.39, 0.29) is 0 Å². The Morgan fingerprint density at radius 2 is 1.95 bits per heavy atom. The number of aromatic nitrogens is 2. The first-order valence-electron chi connectivity index (χ1n) is 8.30. The number of thioether (sulfide) groups is 1. The van der Waals surface area contributed by atoms with Crippen LogP contribution in [0, 0.1) is 0 Å². The zero-order valence-corrected chi connectivity index (χ0v) is 14.6. The molecule has 5 nitrogen and oxygen atoms in total. The maximum atomic E-state index is 4.67. The van der Waals surface area contributed by atoms with Gasteiger partial charge in [-0.15, -0.1) is 11.8 Å². The summed E-state index contributed by atoms with van der Waals surface area (Å²) in [5.74, 6) is 1.03. The van der Waals surface area contributed by atoms with Gasteiger partial charge in [-0.05, 0) is 32.7 Å². The number of anilines is 1. The number of hydrogen-bond acceptors (Lipinski definition) is 6. The van der Waals surface area contributed by atoms with Crippen LogP contribution < -0.4 is 4.90 Å². The fourth-order valence-corrected chi connectivity index (χ4v) is 3.77. The van der Waals surface area contributed by atoms with Gasteiger partial charge in [0, 0.05) is 38.8 Å². The van der Waals surface area contributed by atoms with Gasteiger partial charge in [-0.25, -0.2) is 4.98 Å². The van der Waals surface area contributed by atoms with Crippen LogP contribution in [0.1, 0.15) is 19.3 Å². The number of rotatable bonds is 4. The standard InChI is InChI=1S/C16H27N5S/c1-19-6-4-3-5-14(19)13-20-7-9-21(10-8-20)15-11-17-12-16(18-15)22-2/h11-12,14H,3-10,13H2,1-2H3. The summed E-state index contributed by atoms with van der Waals surface area (Å²) in [7, 11) is 2.28. The minimum atomic E-state index is 0.750. The highest BCUT2D eigenvalue weighted by atomic mass is 32.2. The Kier molecular flexibility index (Phi) is 5.55. The molecule has 2 aliphatic rings. The van der Waals surface area contributed by atoms with Crippen LogP contribution in [0.4, 0.5) is 5.82 Å². The van der Waals surface area contributed by atoms with E-state index in [0.717, 1.165) is 43.1 Å². The number of piperidine rings is 1. The SMILES string of the molecule is CSc1cncc(N2CCN(CC3CCCCN3C)CC2)n1. The highest BCUT2D eigenvalue weighted by Crippen LogP contribution is 2.19. The number of piperazine rings is 1. The molecule has 0 aliphatic carbocycles. The molecule has 0 bridgehead atoms. The second-order valence-electron chi connectivity index (χ2n) is 6.34. The Balaban J connectivity index is 1.51. The van der Waals surface area contributed by atoms with Crippen LogP contribution in [0.5, 0.6) is 0 Å². The van der Waals surface area contributed by atoms with Crippen LogP contribution in [0.3, 0.4) is 0 Å². The smallest absolute Gasteiger partial charge is 0.148 e. The Hall–Kier alpha value is -0.850. The summed E-state index contributed by atoms with van der Waals surface area (Å²) in [4.78, 5) is 16.5. The fraction of sp³-hybridized carbons (Fsp3) is 0.750. The zero-order valence-electron chi connectivity index (χ0n) is 13.7. The van der Waals surface area contributed by atoms with E-state index in [2.05, 4.69) is 31.7 Å². The van der Waals surface area contributed by atoms with Crippen LogP contribution in [0.25, 0.3) is 0 Å². The molecule has 0 spiro atoms. The molecule has 22 heavy (non-hydrogen) atoms. The predicted molar refractivity (Wildman–Crippen MR) is 92.7 cm³/mol. The summed E-state index contributed by atoms with van der Waals surface area (Å²) in [6, 6.07) is 0.750. The molecule has 0 amide bonds. The van der Waals surface area contributed by atoms with Crippen molar-refractivity contribution < 1.29 is 0 Å². The Bertz CT molecular complexity index is 475. The molecule has 0 radical (unpaired) electrons. The second-order valence-corrected chi connectivity index (χ2v) is 7.16. The summed E-state index contributed by atoms with van der Waals surface area (Å²) in [5, 5.41) is 1.00. The summed E-state index contributed by atoms with van der Waals surface area (Å²) in [5.41, 5.74) is 0. The van der Waals surface area contributed by atoms with Crippen molar-refractivity contribution >= 4 is 17.6 Å². The minimum absolute atomic E-state index is 0.750. The third-order valence-electron chi connectivity index (χ3n) is 4.90. The number of likely N-dealkylation sites (N-methyl/N-ethyl adjacent to an activating group) is 1. The van der Waals surface area contributed by atoms with Gasteiger partial charge in [0.25, 0.3) is 0 Å². The van der Waals surface area contributed by atoms with Crippen molar-refractivity contribution in [3.05, 3.63) is 12.4 Å². The van der Waals surface area contributed by atoms with Crippen LogP contribution in [-0.4, -0.2) is 78.4 Å². The molecule has 3 rings (SSSR count). The van der Waals surface area contributed by atoms with E-state index >= 15 is 0 Å². The van der Waals surface area contributed by atoms with Crippen molar-refractivity contribution in [1.82, 2.24) is 19.8 Å². The summed E-state index contributed by atoms with van der Waals surface area (Å²) < 4.78 is 0. The van der Waals surface area contributed by atoms with Gasteiger partial charge in [-0.3, -0.25) is 9.88 Å². The predicted octanol–water partition coefficient (Wildman–Crippen LogP) is 1.80. The lowest BCUT2D eigenvalue weighted by Crippen LogP contribution is -2.52. The van der Waals surface area contributed by atoms with Crippen molar-refractivity contribution in [1.29, 1.82) is 0 Å². The first-order chi connectivity index (χ1) is 10.8. The molecular weight excluding hydrogens is 294 g/mol. The van der Waals surface area contributed by atoms with Gasteiger partial charge in [0.1, 0.15) is 10.8 Å². The van der Waals surface area contributed by atoms with Gasteiger partial charge >= 0.3 is 0 Å². The fourth-order valence-electron chi connectivity index (χ4n) is 3.42. The van der Waals surface area contributed by atoms with Crippen molar-refractivity contribution in [2.24, 2.45) is 0 Å². The molecular formula is C16H27N5S.